The number of benzene rings is 1. The minimum absolute atomic E-state index is 0.257. The fourth-order valence-corrected chi connectivity index (χ4v) is 4.62. The van der Waals surface area contributed by atoms with E-state index in [4.69, 9.17) is 0 Å². The standard InChI is InChI=1S/C10H7Br2NO2S/c11-9-6-7-10(12)13(9)16(14,15)8-4-2-1-3-5-8/h1-7H. The number of nitrogens with zero attached hydrogens (tertiary/aromatic N) is 1. The Kier molecular flexibility index (Phi) is 3.23. The fourth-order valence-electron chi connectivity index (χ4n) is 1.30. The van der Waals surface area contributed by atoms with Gasteiger partial charge in [-0.2, -0.15) is 0 Å². The lowest BCUT2D eigenvalue weighted by Gasteiger charge is -2.08. The second-order valence-corrected chi connectivity index (χ2v) is 6.47. The van der Waals surface area contributed by atoms with Crippen molar-refractivity contribution in [3.05, 3.63) is 51.7 Å². The van der Waals surface area contributed by atoms with E-state index < -0.39 is 10.0 Å². The summed E-state index contributed by atoms with van der Waals surface area (Å²) in [5, 5.41) is 0. The predicted molar refractivity (Wildman–Crippen MR) is 68.9 cm³/mol. The van der Waals surface area contributed by atoms with Gasteiger partial charge in [0.1, 0.15) is 9.21 Å². The normalized spacial score (nSPS) is 11.6. The molecule has 6 heteroatoms. The minimum atomic E-state index is -3.53. The van der Waals surface area contributed by atoms with Gasteiger partial charge >= 0.3 is 0 Å². The lowest BCUT2D eigenvalue weighted by atomic mass is 10.4. The molecule has 0 fully saturated rings. The van der Waals surface area contributed by atoms with Crippen molar-refractivity contribution < 1.29 is 8.42 Å². The van der Waals surface area contributed by atoms with Crippen molar-refractivity contribution in [1.82, 2.24) is 3.97 Å². The number of halogens is 2. The molecule has 0 amide bonds. The predicted octanol–water partition coefficient (Wildman–Crippen LogP) is 3.25. The number of hydrogen-bond acceptors (Lipinski definition) is 2. The Morgan fingerprint density at radius 3 is 1.88 bits per heavy atom. The van der Waals surface area contributed by atoms with Crippen LogP contribution in [-0.2, 0) is 10.0 Å². The van der Waals surface area contributed by atoms with E-state index in [9.17, 15) is 8.42 Å². The molecule has 0 N–H and O–H groups in total. The van der Waals surface area contributed by atoms with E-state index >= 15 is 0 Å². The zero-order valence-electron chi connectivity index (χ0n) is 7.97. The highest BCUT2D eigenvalue weighted by molar-refractivity contribution is 9.11. The van der Waals surface area contributed by atoms with Crippen LogP contribution in [0, 0.1) is 0 Å². The van der Waals surface area contributed by atoms with Crippen LogP contribution in [0.5, 0.6) is 0 Å². The summed E-state index contributed by atoms with van der Waals surface area (Å²) in [6, 6.07) is 11.6. The molecule has 1 aromatic heterocycles. The quantitative estimate of drug-likeness (QED) is 0.820. The maximum absolute atomic E-state index is 12.2. The maximum atomic E-state index is 12.2. The molecular formula is C10H7Br2NO2S. The average Bonchev–Trinajstić information content (AvgIpc) is 2.60. The molecule has 0 spiro atoms. The number of aromatic nitrogens is 1. The van der Waals surface area contributed by atoms with Crippen LogP contribution in [0.4, 0.5) is 0 Å². The van der Waals surface area contributed by atoms with Crippen LogP contribution in [0.2, 0.25) is 0 Å². The van der Waals surface area contributed by atoms with E-state index in [-0.39, 0.29) is 4.90 Å². The Hall–Kier alpha value is -0.590. The molecule has 0 unspecified atom stereocenters. The van der Waals surface area contributed by atoms with Crippen LogP contribution < -0.4 is 0 Å². The minimum Gasteiger partial charge on any atom is -0.221 e. The Balaban J connectivity index is 2.66. The molecule has 2 rings (SSSR count). The summed E-state index contributed by atoms with van der Waals surface area (Å²) in [4.78, 5) is 0.257. The van der Waals surface area contributed by atoms with E-state index in [1.807, 2.05) is 0 Å². The first-order valence-corrected chi connectivity index (χ1v) is 7.39. The summed E-state index contributed by atoms with van der Waals surface area (Å²) >= 11 is 6.41. The summed E-state index contributed by atoms with van der Waals surface area (Å²) in [6.45, 7) is 0. The first-order chi connectivity index (χ1) is 7.53. The number of hydrogen-bond donors (Lipinski definition) is 0. The van der Waals surface area contributed by atoms with Crippen molar-refractivity contribution in [2.24, 2.45) is 0 Å². The SMILES string of the molecule is O=S(=O)(c1ccccc1)n1c(Br)ccc1Br. The Bertz CT molecular complexity index is 586. The van der Waals surface area contributed by atoms with Gasteiger partial charge in [-0.15, -0.1) is 0 Å². The van der Waals surface area contributed by atoms with Crippen LogP contribution in [-0.4, -0.2) is 12.4 Å². The first-order valence-electron chi connectivity index (χ1n) is 4.37. The van der Waals surface area contributed by atoms with Gasteiger partial charge < -0.3 is 0 Å². The fraction of sp³-hybridized carbons (Fsp3) is 0. The highest BCUT2D eigenvalue weighted by Crippen LogP contribution is 2.26. The highest BCUT2D eigenvalue weighted by Gasteiger charge is 2.20. The maximum Gasteiger partial charge on any atom is 0.269 e. The average molecular weight is 365 g/mol. The largest absolute Gasteiger partial charge is 0.269 e. The molecule has 0 saturated heterocycles. The van der Waals surface area contributed by atoms with Gasteiger partial charge in [-0.25, -0.2) is 12.4 Å². The van der Waals surface area contributed by atoms with Gasteiger partial charge in [0, 0.05) is 0 Å². The molecule has 0 atom stereocenters. The third kappa shape index (κ3) is 1.97. The summed E-state index contributed by atoms with van der Waals surface area (Å²) < 4.78 is 26.7. The Labute approximate surface area is 110 Å². The molecule has 0 aliphatic heterocycles. The third-order valence-electron chi connectivity index (χ3n) is 2.03. The van der Waals surface area contributed by atoms with Crippen molar-refractivity contribution in [2.75, 3.05) is 0 Å². The zero-order valence-corrected chi connectivity index (χ0v) is 12.0. The lowest BCUT2D eigenvalue weighted by Crippen LogP contribution is -2.13. The zero-order chi connectivity index (χ0) is 11.8. The molecule has 2 aromatic rings. The van der Waals surface area contributed by atoms with Gasteiger partial charge in [-0.05, 0) is 56.1 Å². The van der Waals surface area contributed by atoms with Gasteiger partial charge in [0.15, 0.2) is 0 Å². The molecule has 1 heterocycles. The van der Waals surface area contributed by atoms with E-state index in [2.05, 4.69) is 31.9 Å². The molecule has 84 valence electrons. The monoisotopic (exact) mass is 363 g/mol. The van der Waals surface area contributed by atoms with Gasteiger partial charge in [0.25, 0.3) is 10.0 Å². The lowest BCUT2D eigenvalue weighted by molar-refractivity contribution is 0.585. The third-order valence-corrected chi connectivity index (χ3v) is 5.48. The van der Waals surface area contributed by atoms with Gasteiger partial charge in [0.05, 0.1) is 4.90 Å². The van der Waals surface area contributed by atoms with Crippen molar-refractivity contribution >= 4 is 41.9 Å². The van der Waals surface area contributed by atoms with Crippen LogP contribution in [0.1, 0.15) is 0 Å². The summed E-state index contributed by atoms with van der Waals surface area (Å²) in [7, 11) is -3.53. The van der Waals surface area contributed by atoms with Gasteiger partial charge in [-0.3, -0.25) is 0 Å². The molecular weight excluding hydrogens is 358 g/mol. The smallest absolute Gasteiger partial charge is 0.221 e. The summed E-state index contributed by atoms with van der Waals surface area (Å²) in [6.07, 6.45) is 0. The molecule has 0 aliphatic rings. The van der Waals surface area contributed by atoms with Crippen molar-refractivity contribution in [3.63, 3.8) is 0 Å². The molecule has 0 aliphatic carbocycles. The molecule has 0 radical (unpaired) electrons. The van der Waals surface area contributed by atoms with Crippen molar-refractivity contribution in [2.45, 2.75) is 4.90 Å². The Morgan fingerprint density at radius 1 is 0.875 bits per heavy atom. The molecule has 16 heavy (non-hydrogen) atoms. The van der Waals surface area contributed by atoms with Crippen molar-refractivity contribution in [3.8, 4) is 0 Å². The van der Waals surface area contributed by atoms with E-state index in [1.54, 1.807) is 42.5 Å². The van der Waals surface area contributed by atoms with Gasteiger partial charge in [0.2, 0.25) is 0 Å². The van der Waals surface area contributed by atoms with Gasteiger partial charge in [-0.1, -0.05) is 18.2 Å². The molecule has 0 bridgehead atoms. The van der Waals surface area contributed by atoms with E-state index in [0.29, 0.717) is 9.21 Å². The summed E-state index contributed by atoms with van der Waals surface area (Å²) in [5.74, 6) is 0. The summed E-state index contributed by atoms with van der Waals surface area (Å²) in [5.41, 5.74) is 0. The molecule has 0 saturated carbocycles. The van der Waals surface area contributed by atoms with Crippen LogP contribution in [0.15, 0.2) is 56.6 Å². The second kappa shape index (κ2) is 4.35. The van der Waals surface area contributed by atoms with Crippen LogP contribution >= 0.6 is 31.9 Å². The van der Waals surface area contributed by atoms with E-state index in [0.717, 1.165) is 0 Å². The Morgan fingerprint density at radius 2 is 1.38 bits per heavy atom. The van der Waals surface area contributed by atoms with Crippen LogP contribution in [0.25, 0.3) is 0 Å². The molecule has 1 aromatic carbocycles. The second-order valence-electron chi connectivity index (χ2n) is 3.06. The topological polar surface area (TPSA) is 39.1 Å². The number of rotatable bonds is 2. The highest BCUT2D eigenvalue weighted by atomic mass is 79.9. The van der Waals surface area contributed by atoms with Crippen molar-refractivity contribution in [1.29, 1.82) is 0 Å². The van der Waals surface area contributed by atoms with E-state index in [1.165, 1.54) is 3.97 Å². The molecule has 3 nitrogen and oxygen atoms in total. The first kappa shape index (κ1) is 11.9. The van der Waals surface area contributed by atoms with Crippen LogP contribution in [0.3, 0.4) is 0 Å².